The number of carbonyl (C=O) groups is 2. The number of hydrogen-bond donors (Lipinski definition) is 0. The molecule has 0 spiro atoms. The lowest BCUT2D eigenvalue weighted by Gasteiger charge is -2.32. The maximum absolute atomic E-state index is 12.8. The molecule has 2 saturated heterocycles. The molecule has 2 fully saturated rings. The summed E-state index contributed by atoms with van der Waals surface area (Å²) in [5, 5.41) is 2.11. The highest BCUT2D eigenvalue weighted by molar-refractivity contribution is 7.03. The highest BCUT2D eigenvalue weighted by Gasteiger charge is 2.27. The van der Waals surface area contributed by atoms with Gasteiger partial charge in [-0.25, -0.2) is 4.37 Å². The first kappa shape index (κ1) is 19.0. The van der Waals surface area contributed by atoms with Gasteiger partial charge in [0.2, 0.25) is 5.91 Å². The minimum Gasteiger partial charge on any atom is -0.342 e. The monoisotopic (exact) mass is 399 g/mol. The lowest BCUT2D eigenvalue weighted by Crippen LogP contribution is -2.50. The summed E-state index contributed by atoms with van der Waals surface area (Å²) in [4.78, 5) is 34.7. The van der Waals surface area contributed by atoms with Gasteiger partial charge in [0.25, 0.3) is 5.91 Å². The fourth-order valence-electron chi connectivity index (χ4n) is 3.95. The van der Waals surface area contributed by atoms with Gasteiger partial charge in [0, 0.05) is 57.2 Å². The van der Waals surface area contributed by atoms with Crippen molar-refractivity contribution in [1.29, 1.82) is 0 Å². The third kappa shape index (κ3) is 4.39. The smallest absolute Gasteiger partial charge is 0.255 e. The van der Waals surface area contributed by atoms with E-state index in [1.54, 1.807) is 23.0 Å². The van der Waals surface area contributed by atoms with Gasteiger partial charge < -0.3 is 9.80 Å². The minimum absolute atomic E-state index is 0.0180. The van der Waals surface area contributed by atoms with E-state index in [1.165, 1.54) is 17.1 Å². The van der Waals surface area contributed by atoms with Gasteiger partial charge in [-0.05, 0) is 54.0 Å². The fraction of sp³-hybridized carbons (Fsp3) is 0.500. The molecule has 2 aromatic heterocycles. The normalized spacial score (nSPS) is 20.8. The zero-order valence-corrected chi connectivity index (χ0v) is 16.9. The van der Waals surface area contributed by atoms with Crippen LogP contribution in [0.25, 0.3) is 0 Å². The Kier molecular flexibility index (Phi) is 5.68. The Morgan fingerprint density at radius 3 is 2.89 bits per heavy atom. The van der Waals surface area contributed by atoms with Crippen molar-refractivity contribution >= 4 is 23.3 Å². The summed E-state index contributed by atoms with van der Waals surface area (Å²) in [6, 6.07) is 1.95. The van der Waals surface area contributed by atoms with Gasteiger partial charge in [0.15, 0.2) is 0 Å². The molecular weight excluding hydrogens is 374 g/mol. The van der Waals surface area contributed by atoms with Crippen molar-refractivity contribution in [2.75, 3.05) is 39.8 Å². The number of likely N-dealkylation sites (tertiary alicyclic amines) is 1. The van der Waals surface area contributed by atoms with Crippen molar-refractivity contribution in [3.8, 4) is 0 Å². The predicted molar refractivity (Wildman–Crippen MR) is 107 cm³/mol. The Morgan fingerprint density at radius 2 is 2.11 bits per heavy atom. The summed E-state index contributed by atoms with van der Waals surface area (Å²) in [5.41, 5.74) is 2.95. The van der Waals surface area contributed by atoms with Crippen LogP contribution in [0.3, 0.4) is 0 Å². The van der Waals surface area contributed by atoms with E-state index in [4.69, 9.17) is 0 Å². The van der Waals surface area contributed by atoms with E-state index < -0.39 is 0 Å². The SMILES string of the molecule is CN1CCN(C(=O)c2cncc(CC3CCN(Cc4cnsc4)C3)c2)CC1=O. The van der Waals surface area contributed by atoms with Gasteiger partial charge in [-0.1, -0.05) is 0 Å². The molecular formula is C20H25N5O2S. The zero-order valence-electron chi connectivity index (χ0n) is 16.1. The molecule has 2 aliphatic rings. The molecule has 28 heavy (non-hydrogen) atoms. The Hall–Kier alpha value is -2.32. The molecule has 4 heterocycles. The van der Waals surface area contributed by atoms with E-state index in [-0.39, 0.29) is 18.4 Å². The number of carbonyl (C=O) groups excluding carboxylic acids is 2. The molecule has 1 atom stereocenters. The Morgan fingerprint density at radius 1 is 1.21 bits per heavy atom. The van der Waals surface area contributed by atoms with Crippen LogP contribution in [-0.4, -0.2) is 75.6 Å². The molecule has 0 aromatic carbocycles. The van der Waals surface area contributed by atoms with Crippen molar-refractivity contribution in [3.05, 3.63) is 46.7 Å². The molecule has 2 aromatic rings. The quantitative estimate of drug-likeness (QED) is 0.762. The third-order valence-corrected chi connectivity index (χ3v) is 6.21. The maximum Gasteiger partial charge on any atom is 0.255 e. The molecule has 148 valence electrons. The molecule has 2 amide bonds. The van der Waals surface area contributed by atoms with E-state index in [0.717, 1.165) is 38.0 Å². The van der Waals surface area contributed by atoms with Crippen LogP contribution in [0.4, 0.5) is 0 Å². The van der Waals surface area contributed by atoms with Crippen LogP contribution < -0.4 is 0 Å². The topological polar surface area (TPSA) is 69.6 Å². The van der Waals surface area contributed by atoms with Crippen LogP contribution in [0.2, 0.25) is 0 Å². The van der Waals surface area contributed by atoms with Crippen molar-refractivity contribution in [3.63, 3.8) is 0 Å². The molecule has 0 radical (unpaired) electrons. The van der Waals surface area contributed by atoms with Crippen molar-refractivity contribution in [1.82, 2.24) is 24.1 Å². The Balaban J connectivity index is 1.35. The van der Waals surface area contributed by atoms with E-state index in [1.807, 2.05) is 18.5 Å². The number of likely N-dealkylation sites (N-methyl/N-ethyl adjacent to an activating group) is 1. The van der Waals surface area contributed by atoms with Crippen molar-refractivity contribution in [2.24, 2.45) is 5.92 Å². The van der Waals surface area contributed by atoms with Gasteiger partial charge in [0.05, 0.1) is 5.56 Å². The van der Waals surface area contributed by atoms with Crippen LogP contribution in [0, 0.1) is 5.92 Å². The molecule has 8 heteroatoms. The maximum atomic E-state index is 12.8. The van der Waals surface area contributed by atoms with Crippen LogP contribution in [0.5, 0.6) is 0 Å². The van der Waals surface area contributed by atoms with Gasteiger partial charge >= 0.3 is 0 Å². The summed E-state index contributed by atoms with van der Waals surface area (Å²) < 4.78 is 4.17. The summed E-state index contributed by atoms with van der Waals surface area (Å²) in [7, 11) is 1.77. The van der Waals surface area contributed by atoms with Gasteiger partial charge in [-0.2, -0.15) is 0 Å². The third-order valence-electron chi connectivity index (χ3n) is 5.57. The van der Waals surface area contributed by atoms with Crippen LogP contribution in [-0.2, 0) is 17.8 Å². The highest BCUT2D eigenvalue weighted by Crippen LogP contribution is 2.23. The first-order valence-corrected chi connectivity index (χ1v) is 10.5. The number of pyridine rings is 1. The molecule has 1 unspecified atom stereocenters. The first-order valence-electron chi connectivity index (χ1n) is 9.66. The second-order valence-corrected chi connectivity index (χ2v) is 8.41. The van der Waals surface area contributed by atoms with E-state index >= 15 is 0 Å². The second kappa shape index (κ2) is 8.36. The fourth-order valence-corrected chi connectivity index (χ4v) is 4.48. The first-order chi connectivity index (χ1) is 13.6. The number of amides is 2. The average molecular weight is 400 g/mol. The summed E-state index contributed by atoms with van der Waals surface area (Å²) in [5.74, 6) is 0.452. The summed E-state index contributed by atoms with van der Waals surface area (Å²) >= 11 is 1.50. The van der Waals surface area contributed by atoms with Gasteiger partial charge in [-0.15, -0.1) is 0 Å². The standard InChI is InChI=1S/C20H25N5O2S/c1-23-4-5-25(13-19(23)26)20(27)18-7-16(8-21-10-18)6-15-2-3-24(11-15)12-17-9-22-28-14-17/h7-10,14-15H,2-6,11-13H2,1H3. The van der Waals surface area contributed by atoms with Crippen LogP contribution >= 0.6 is 11.5 Å². The molecule has 0 saturated carbocycles. The average Bonchev–Trinajstić information content (AvgIpc) is 3.36. The lowest BCUT2D eigenvalue weighted by molar-refractivity contribution is -0.133. The van der Waals surface area contributed by atoms with E-state index in [0.29, 0.717) is 24.6 Å². The number of piperazine rings is 1. The largest absolute Gasteiger partial charge is 0.342 e. The molecule has 0 N–H and O–H groups in total. The van der Waals surface area contributed by atoms with E-state index in [9.17, 15) is 9.59 Å². The van der Waals surface area contributed by atoms with Gasteiger partial charge in [0.1, 0.15) is 6.54 Å². The minimum atomic E-state index is -0.103. The number of nitrogens with zero attached hydrogens (tertiary/aromatic N) is 5. The molecule has 4 rings (SSSR count). The summed E-state index contributed by atoms with van der Waals surface area (Å²) in [6.45, 7) is 4.41. The summed E-state index contributed by atoms with van der Waals surface area (Å²) in [6.07, 6.45) is 7.49. The van der Waals surface area contributed by atoms with E-state index in [2.05, 4.69) is 19.6 Å². The number of rotatable bonds is 5. The molecule has 7 nitrogen and oxygen atoms in total. The van der Waals surface area contributed by atoms with Crippen molar-refractivity contribution in [2.45, 2.75) is 19.4 Å². The predicted octanol–water partition coefficient (Wildman–Crippen LogP) is 1.52. The number of hydrogen-bond acceptors (Lipinski definition) is 6. The molecule has 2 aliphatic heterocycles. The van der Waals surface area contributed by atoms with Crippen molar-refractivity contribution < 1.29 is 9.59 Å². The second-order valence-electron chi connectivity index (χ2n) is 7.75. The van der Waals surface area contributed by atoms with Crippen LogP contribution in [0.15, 0.2) is 30.0 Å². The van der Waals surface area contributed by atoms with Crippen LogP contribution in [0.1, 0.15) is 27.9 Å². The van der Waals surface area contributed by atoms with Gasteiger partial charge in [-0.3, -0.25) is 19.5 Å². The Labute approximate surface area is 169 Å². The highest BCUT2D eigenvalue weighted by atomic mass is 32.1. The lowest BCUT2D eigenvalue weighted by atomic mass is 9.99. The number of aromatic nitrogens is 2. The Bertz CT molecular complexity index is 841. The molecule has 0 aliphatic carbocycles. The zero-order chi connectivity index (χ0) is 19.5. The molecule has 0 bridgehead atoms.